The van der Waals surface area contributed by atoms with Crippen LogP contribution in [0.5, 0.6) is 12.0 Å². The fourth-order valence-corrected chi connectivity index (χ4v) is 1.91. The highest BCUT2D eigenvalue weighted by Gasteiger charge is 2.18. The number of hydrogen-bond acceptors (Lipinski definition) is 7. The Morgan fingerprint density at radius 3 is 2.57 bits per heavy atom. The van der Waals surface area contributed by atoms with E-state index in [1.165, 1.54) is 0 Å². The van der Waals surface area contributed by atoms with Gasteiger partial charge < -0.3 is 19.5 Å². The molecular formula is C14H24N4O3. The molecule has 2 heterocycles. The minimum absolute atomic E-state index is 0.00218. The lowest BCUT2D eigenvalue weighted by molar-refractivity contribution is 0.0212. The Balaban J connectivity index is 2.09. The third kappa shape index (κ3) is 5.34. The van der Waals surface area contributed by atoms with E-state index in [1.807, 2.05) is 13.8 Å². The number of nitrogens with zero attached hydrogens (tertiary/aromatic N) is 3. The van der Waals surface area contributed by atoms with Crippen LogP contribution in [0.1, 0.15) is 40.0 Å². The molecule has 0 atom stereocenters. The summed E-state index contributed by atoms with van der Waals surface area (Å²) in [5.41, 5.74) is 0. The summed E-state index contributed by atoms with van der Waals surface area (Å²) in [6.07, 6.45) is 2.78. The fourth-order valence-electron chi connectivity index (χ4n) is 1.91. The quantitative estimate of drug-likeness (QED) is 0.824. The van der Waals surface area contributed by atoms with E-state index in [1.54, 1.807) is 0 Å². The van der Waals surface area contributed by atoms with Gasteiger partial charge in [-0.25, -0.2) is 0 Å². The van der Waals surface area contributed by atoms with Gasteiger partial charge in [0.25, 0.3) is 0 Å². The lowest BCUT2D eigenvalue weighted by atomic mass is 10.2. The van der Waals surface area contributed by atoms with Crippen LogP contribution in [-0.4, -0.2) is 46.9 Å². The Morgan fingerprint density at radius 2 is 1.90 bits per heavy atom. The monoisotopic (exact) mass is 296 g/mol. The van der Waals surface area contributed by atoms with Gasteiger partial charge in [-0.05, 0) is 20.3 Å². The zero-order chi connectivity index (χ0) is 15.1. The lowest BCUT2D eigenvalue weighted by Gasteiger charge is -2.22. The molecule has 1 N–H and O–H groups in total. The van der Waals surface area contributed by atoms with Crippen molar-refractivity contribution in [3.63, 3.8) is 0 Å². The zero-order valence-electron chi connectivity index (χ0n) is 13.0. The summed E-state index contributed by atoms with van der Waals surface area (Å²) >= 11 is 0. The molecule has 2 rings (SSSR count). The standard InChI is InChI=1S/C14H24N4O3/c1-4-7-15-12-16-13(20-10(2)3)18-14(17-12)21-11-5-8-19-9-6-11/h10-11H,4-9H2,1-3H3,(H,15,16,17,18). The van der Waals surface area contributed by atoms with Crippen LogP contribution in [0.2, 0.25) is 0 Å². The summed E-state index contributed by atoms with van der Waals surface area (Å²) in [7, 11) is 0. The molecule has 7 heteroatoms. The van der Waals surface area contributed by atoms with Crippen molar-refractivity contribution < 1.29 is 14.2 Å². The highest BCUT2D eigenvalue weighted by Crippen LogP contribution is 2.18. The average molecular weight is 296 g/mol. The van der Waals surface area contributed by atoms with Gasteiger partial charge in [-0.15, -0.1) is 4.98 Å². The van der Waals surface area contributed by atoms with Crippen molar-refractivity contribution in [2.75, 3.05) is 25.1 Å². The van der Waals surface area contributed by atoms with Crippen LogP contribution in [0.25, 0.3) is 0 Å². The molecule has 1 aromatic heterocycles. The van der Waals surface area contributed by atoms with Crippen LogP contribution in [0.4, 0.5) is 5.95 Å². The fraction of sp³-hybridized carbons (Fsp3) is 0.786. The molecule has 0 aliphatic carbocycles. The van der Waals surface area contributed by atoms with Crippen LogP contribution in [0, 0.1) is 0 Å². The lowest BCUT2D eigenvalue weighted by Crippen LogP contribution is -2.27. The summed E-state index contributed by atoms with van der Waals surface area (Å²) in [4.78, 5) is 12.8. The number of nitrogens with one attached hydrogen (secondary N) is 1. The number of hydrogen-bond donors (Lipinski definition) is 1. The van der Waals surface area contributed by atoms with E-state index >= 15 is 0 Å². The summed E-state index contributed by atoms with van der Waals surface area (Å²) in [6, 6.07) is 0.604. The molecule has 0 spiro atoms. The Bertz CT molecular complexity index is 436. The molecule has 1 fully saturated rings. The van der Waals surface area contributed by atoms with E-state index in [0.717, 1.165) is 25.8 Å². The van der Waals surface area contributed by atoms with Crippen molar-refractivity contribution in [2.24, 2.45) is 0 Å². The van der Waals surface area contributed by atoms with Crippen LogP contribution in [0.15, 0.2) is 0 Å². The number of anilines is 1. The predicted molar refractivity (Wildman–Crippen MR) is 78.8 cm³/mol. The van der Waals surface area contributed by atoms with Gasteiger partial charge in [0.15, 0.2) is 0 Å². The minimum atomic E-state index is 0.00218. The molecule has 0 saturated carbocycles. The first kappa shape index (κ1) is 15.8. The molecule has 0 aromatic carbocycles. The molecular weight excluding hydrogens is 272 g/mol. The largest absolute Gasteiger partial charge is 0.461 e. The third-order valence-corrected chi connectivity index (χ3v) is 2.91. The first-order valence-electron chi connectivity index (χ1n) is 7.58. The normalized spacial score (nSPS) is 16.0. The maximum atomic E-state index is 5.84. The molecule has 0 radical (unpaired) electrons. The second-order valence-electron chi connectivity index (χ2n) is 5.25. The zero-order valence-corrected chi connectivity index (χ0v) is 13.0. The van der Waals surface area contributed by atoms with E-state index in [-0.39, 0.29) is 12.2 Å². The maximum absolute atomic E-state index is 5.84. The third-order valence-electron chi connectivity index (χ3n) is 2.91. The second-order valence-corrected chi connectivity index (χ2v) is 5.25. The van der Waals surface area contributed by atoms with Crippen molar-refractivity contribution >= 4 is 5.95 Å². The topological polar surface area (TPSA) is 78.4 Å². The van der Waals surface area contributed by atoms with Crippen molar-refractivity contribution in [3.05, 3.63) is 0 Å². The Morgan fingerprint density at radius 1 is 1.19 bits per heavy atom. The molecule has 1 aromatic rings. The molecule has 1 aliphatic rings. The summed E-state index contributed by atoms with van der Waals surface area (Å²) in [5.74, 6) is 0.490. The molecule has 1 aliphatic heterocycles. The highest BCUT2D eigenvalue weighted by atomic mass is 16.5. The van der Waals surface area contributed by atoms with Crippen molar-refractivity contribution in [3.8, 4) is 12.0 Å². The number of aromatic nitrogens is 3. The molecule has 0 unspecified atom stereocenters. The summed E-state index contributed by atoms with van der Waals surface area (Å²) < 4.78 is 16.7. The molecule has 118 valence electrons. The first-order chi connectivity index (χ1) is 10.2. The van der Waals surface area contributed by atoms with Gasteiger partial charge in [0.2, 0.25) is 5.95 Å². The smallest absolute Gasteiger partial charge is 0.324 e. The van der Waals surface area contributed by atoms with E-state index < -0.39 is 0 Å². The SMILES string of the molecule is CCCNc1nc(OC(C)C)nc(OC2CCOCC2)n1. The summed E-state index contributed by atoms with van der Waals surface area (Å²) in [6.45, 7) is 8.17. The first-order valence-corrected chi connectivity index (χ1v) is 7.58. The Labute approximate surface area is 125 Å². The molecule has 1 saturated heterocycles. The van der Waals surface area contributed by atoms with Crippen LogP contribution >= 0.6 is 0 Å². The van der Waals surface area contributed by atoms with Crippen molar-refractivity contribution in [1.82, 2.24) is 15.0 Å². The van der Waals surface area contributed by atoms with E-state index in [4.69, 9.17) is 14.2 Å². The second kappa shape index (κ2) is 7.97. The van der Waals surface area contributed by atoms with Crippen LogP contribution < -0.4 is 14.8 Å². The van der Waals surface area contributed by atoms with Crippen molar-refractivity contribution in [1.29, 1.82) is 0 Å². The summed E-state index contributed by atoms with van der Waals surface area (Å²) in [5, 5.41) is 3.14. The number of ether oxygens (including phenoxy) is 3. The predicted octanol–water partition coefficient (Wildman–Crippen LogP) is 2.04. The van der Waals surface area contributed by atoms with Gasteiger partial charge >= 0.3 is 12.0 Å². The van der Waals surface area contributed by atoms with Gasteiger partial charge in [-0.2, -0.15) is 9.97 Å². The van der Waals surface area contributed by atoms with Gasteiger partial charge in [0.1, 0.15) is 6.10 Å². The molecule has 0 amide bonds. The van der Waals surface area contributed by atoms with Crippen LogP contribution in [0.3, 0.4) is 0 Å². The minimum Gasteiger partial charge on any atom is -0.461 e. The number of rotatable bonds is 7. The molecule has 0 bridgehead atoms. The van der Waals surface area contributed by atoms with E-state index in [2.05, 4.69) is 27.2 Å². The van der Waals surface area contributed by atoms with E-state index in [0.29, 0.717) is 31.2 Å². The highest BCUT2D eigenvalue weighted by molar-refractivity contribution is 5.27. The van der Waals surface area contributed by atoms with Gasteiger partial charge in [0, 0.05) is 19.4 Å². The average Bonchev–Trinajstić information content (AvgIpc) is 2.45. The van der Waals surface area contributed by atoms with E-state index in [9.17, 15) is 0 Å². The van der Waals surface area contributed by atoms with Crippen molar-refractivity contribution in [2.45, 2.75) is 52.2 Å². The Hall–Kier alpha value is -1.63. The van der Waals surface area contributed by atoms with Gasteiger partial charge in [0.05, 0.1) is 19.3 Å². The maximum Gasteiger partial charge on any atom is 0.324 e. The molecule has 21 heavy (non-hydrogen) atoms. The van der Waals surface area contributed by atoms with Crippen LogP contribution in [-0.2, 0) is 4.74 Å². The van der Waals surface area contributed by atoms with Gasteiger partial charge in [-0.3, -0.25) is 0 Å². The van der Waals surface area contributed by atoms with Gasteiger partial charge in [-0.1, -0.05) is 6.92 Å². The Kier molecular flexibility index (Phi) is 5.98. The molecule has 7 nitrogen and oxygen atoms in total.